The molecule has 1 aromatic heterocycles. The summed E-state index contributed by atoms with van der Waals surface area (Å²) in [6.45, 7) is 5.32. The molecule has 19 heavy (non-hydrogen) atoms. The summed E-state index contributed by atoms with van der Waals surface area (Å²) in [4.78, 5) is 1.55. The Balaban J connectivity index is 1.60. The maximum Gasteiger partial charge on any atom is 0.0701 e. The van der Waals surface area contributed by atoms with E-state index in [2.05, 4.69) is 40.3 Å². The lowest BCUT2D eigenvalue weighted by Gasteiger charge is -2.42. The minimum absolute atomic E-state index is 0.407. The van der Waals surface area contributed by atoms with Crippen LogP contribution in [0, 0.1) is 5.92 Å². The first-order valence-corrected chi connectivity index (χ1v) is 8.87. The number of halogens is 1. The Morgan fingerprint density at radius 3 is 2.89 bits per heavy atom. The average molecular weight is 344 g/mol. The molecule has 3 rings (SSSR count). The highest BCUT2D eigenvalue weighted by Crippen LogP contribution is 2.46. The van der Waals surface area contributed by atoms with Gasteiger partial charge in [0.25, 0.3) is 0 Å². The van der Waals surface area contributed by atoms with Gasteiger partial charge in [0.15, 0.2) is 0 Å². The smallest absolute Gasteiger partial charge is 0.0701 e. The summed E-state index contributed by atoms with van der Waals surface area (Å²) in [5.41, 5.74) is 0.407. The van der Waals surface area contributed by atoms with Gasteiger partial charge >= 0.3 is 0 Å². The predicted octanol–water partition coefficient (Wildman–Crippen LogP) is 3.95. The second-order valence-electron chi connectivity index (χ2n) is 6.03. The van der Waals surface area contributed by atoms with Crippen molar-refractivity contribution in [2.75, 3.05) is 19.8 Å². The van der Waals surface area contributed by atoms with Gasteiger partial charge in [0, 0.05) is 29.5 Å². The Labute approximate surface area is 128 Å². The Morgan fingerprint density at radius 1 is 1.53 bits per heavy atom. The van der Waals surface area contributed by atoms with Crippen molar-refractivity contribution in [2.45, 2.75) is 44.1 Å². The van der Waals surface area contributed by atoms with Crippen molar-refractivity contribution in [1.82, 2.24) is 5.32 Å². The summed E-state index contributed by atoms with van der Waals surface area (Å²) in [5.74, 6) is 0.701. The van der Waals surface area contributed by atoms with E-state index in [0.29, 0.717) is 17.4 Å². The topological polar surface area (TPSA) is 21.3 Å². The summed E-state index contributed by atoms with van der Waals surface area (Å²) < 4.78 is 6.75. The number of nitrogens with one attached hydrogen (secondary N) is 1. The van der Waals surface area contributed by atoms with Crippen molar-refractivity contribution in [3.8, 4) is 0 Å². The second-order valence-corrected chi connectivity index (χ2v) is 8.49. The number of hydrogen-bond acceptors (Lipinski definition) is 3. The monoisotopic (exact) mass is 343 g/mol. The van der Waals surface area contributed by atoms with Gasteiger partial charge in [-0.25, -0.2) is 0 Å². The van der Waals surface area contributed by atoms with Crippen LogP contribution in [0.4, 0.5) is 0 Å². The van der Waals surface area contributed by atoms with E-state index in [1.54, 1.807) is 4.88 Å². The largest absolute Gasteiger partial charge is 0.381 e. The van der Waals surface area contributed by atoms with Gasteiger partial charge in [-0.05, 0) is 60.2 Å². The highest BCUT2D eigenvalue weighted by Gasteiger charge is 2.40. The lowest BCUT2D eigenvalue weighted by atomic mass is 9.67. The van der Waals surface area contributed by atoms with Gasteiger partial charge in [-0.3, -0.25) is 0 Å². The molecule has 1 N–H and O–H groups in total. The third-order valence-electron chi connectivity index (χ3n) is 4.84. The third-order valence-corrected chi connectivity index (χ3v) is 6.71. The van der Waals surface area contributed by atoms with Crippen LogP contribution in [0.25, 0.3) is 0 Å². The van der Waals surface area contributed by atoms with E-state index < -0.39 is 0 Å². The molecule has 2 atom stereocenters. The van der Waals surface area contributed by atoms with Crippen molar-refractivity contribution < 1.29 is 4.74 Å². The molecule has 0 amide bonds. The molecule has 0 bridgehead atoms. The minimum atomic E-state index is 0.407. The number of thiophene rings is 1. The highest BCUT2D eigenvalue weighted by molar-refractivity contribution is 9.11. The van der Waals surface area contributed by atoms with E-state index in [-0.39, 0.29) is 0 Å². The van der Waals surface area contributed by atoms with E-state index in [1.807, 2.05) is 11.3 Å². The molecule has 4 heteroatoms. The Hall–Kier alpha value is 0.1000. The molecule has 0 radical (unpaired) electrons. The molecule has 106 valence electrons. The van der Waals surface area contributed by atoms with Gasteiger partial charge in [-0.2, -0.15) is 0 Å². The average Bonchev–Trinajstić information content (AvgIpc) is 2.98. The van der Waals surface area contributed by atoms with Gasteiger partial charge in [-0.1, -0.05) is 6.42 Å². The summed E-state index contributed by atoms with van der Waals surface area (Å²) in [6, 6.07) is 5.07. The summed E-state index contributed by atoms with van der Waals surface area (Å²) in [6.07, 6.45) is 5.26. The Morgan fingerprint density at radius 2 is 2.37 bits per heavy atom. The van der Waals surface area contributed by atoms with Crippen LogP contribution in [-0.2, 0) is 10.2 Å². The van der Waals surface area contributed by atoms with Crippen LogP contribution < -0.4 is 5.32 Å². The van der Waals surface area contributed by atoms with Crippen LogP contribution in [0.2, 0.25) is 0 Å². The molecule has 0 spiro atoms. The highest BCUT2D eigenvalue weighted by atomic mass is 79.9. The van der Waals surface area contributed by atoms with Gasteiger partial charge < -0.3 is 10.1 Å². The van der Waals surface area contributed by atoms with E-state index in [4.69, 9.17) is 4.74 Å². The standard InChI is InChI=1S/C15H22BrNOS/c1-11(12-5-8-18-9-12)17-10-15(6-2-7-15)13-3-4-14(16)19-13/h3-4,11-12,17H,2,5-10H2,1H3. The van der Waals surface area contributed by atoms with Crippen LogP contribution >= 0.6 is 27.3 Å². The van der Waals surface area contributed by atoms with E-state index >= 15 is 0 Å². The van der Waals surface area contributed by atoms with Gasteiger partial charge in [0.1, 0.15) is 0 Å². The molecule has 1 saturated heterocycles. The molecule has 2 unspecified atom stereocenters. The van der Waals surface area contributed by atoms with E-state index in [0.717, 1.165) is 19.8 Å². The molecule has 1 aromatic rings. The van der Waals surface area contributed by atoms with Crippen LogP contribution in [0.1, 0.15) is 37.5 Å². The van der Waals surface area contributed by atoms with Crippen LogP contribution in [-0.4, -0.2) is 25.8 Å². The van der Waals surface area contributed by atoms with Crippen molar-refractivity contribution in [2.24, 2.45) is 5.92 Å². The van der Waals surface area contributed by atoms with Gasteiger partial charge in [0.2, 0.25) is 0 Å². The fraction of sp³-hybridized carbons (Fsp3) is 0.733. The first kappa shape index (κ1) is 14.1. The van der Waals surface area contributed by atoms with Crippen LogP contribution in [0.15, 0.2) is 15.9 Å². The Kier molecular flexibility index (Phi) is 4.32. The fourth-order valence-electron chi connectivity index (χ4n) is 3.18. The maximum absolute atomic E-state index is 5.49. The molecular formula is C15H22BrNOS. The lowest BCUT2D eigenvalue weighted by molar-refractivity contribution is 0.172. The quantitative estimate of drug-likeness (QED) is 0.873. The molecule has 1 aliphatic carbocycles. The van der Waals surface area contributed by atoms with Crippen LogP contribution in [0.5, 0.6) is 0 Å². The molecular weight excluding hydrogens is 322 g/mol. The van der Waals surface area contributed by atoms with Crippen molar-refractivity contribution in [3.05, 3.63) is 20.8 Å². The SMILES string of the molecule is CC(NCC1(c2ccc(Br)s2)CCC1)C1CCOC1. The minimum Gasteiger partial charge on any atom is -0.381 e. The molecule has 2 aliphatic rings. The third kappa shape index (κ3) is 2.92. The molecule has 2 heterocycles. The molecule has 0 aromatic carbocycles. The lowest BCUT2D eigenvalue weighted by Crippen LogP contribution is -2.47. The van der Waals surface area contributed by atoms with Crippen molar-refractivity contribution in [3.63, 3.8) is 0 Å². The first-order valence-electron chi connectivity index (χ1n) is 7.27. The fourth-order valence-corrected chi connectivity index (χ4v) is 4.81. The zero-order valence-electron chi connectivity index (χ0n) is 11.5. The van der Waals surface area contributed by atoms with Crippen molar-refractivity contribution >= 4 is 27.3 Å². The van der Waals surface area contributed by atoms with Gasteiger partial charge in [-0.15, -0.1) is 11.3 Å². The zero-order chi connectivity index (χ0) is 13.3. The number of rotatable bonds is 5. The second kappa shape index (κ2) is 5.84. The van der Waals surface area contributed by atoms with Crippen LogP contribution in [0.3, 0.4) is 0 Å². The molecule has 1 aliphatic heterocycles. The summed E-state index contributed by atoms with van der Waals surface area (Å²) in [7, 11) is 0. The Bertz CT molecular complexity index is 424. The molecule has 1 saturated carbocycles. The zero-order valence-corrected chi connectivity index (χ0v) is 13.9. The van der Waals surface area contributed by atoms with Crippen molar-refractivity contribution in [1.29, 1.82) is 0 Å². The normalized spacial score (nSPS) is 27.2. The van der Waals surface area contributed by atoms with E-state index in [9.17, 15) is 0 Å². The van der Waals surface area contributed by atoms with Gasteiger partial charge in [0.05, 0.1) is 10.4 Å². The number of ether oxygens (including phenoxy) is 1. The van der Waals surface area contributed by atoms with E-state index in [1.165, 1.54) is 29.5 Å². The maximum atomic E-state index is 5.49. The summed E-state index contributed by atoms with van der Waals surface area (Å²) >= 11 is 5.50. The first-order chi connectivity index (χ1) is 9.20. The summed E-state index contributed by atoms with van der Waals surface area (Å²) in [5, 5.41) is 3.79. The number of hydrogen-bond donors (Lipinski definition) is 1. The predicted molar refractivity (Wildman–Crippen MR) is 83.9 cm³/mol. The molecule has 2 fully saturated rings. The molecule has 2 nitrogen and oxygen atoms in total.